The van der Waals surface area contributed by atoms with Gasteiger partial charge in [-0.3, -0.25) is 9.36 Å². The highest BCUT2D eigenvalue weighted by atomic mass is 16.6. The van der Waals surface area contributed by atoms with Crippen LogP contribution < -0.4 is 19.7 Å². The molecule has 2 aromatic heterocycles. The van der Waals surface area contributed by atoms with Gasteiger partial charge in [0.1, 0.15) is 43.2 Å². The van der Waals surface area contributed by atoms with E-state index in [9.17, 15) is 4.79 Å². The van der Waals surface area contributed by atoms with Crippen LogP contribution in [0, 0.1) is 5.92 Å². The SMILES string of the molecule is C[C@@H]1CCCN(c2cc(-n3cnc(C(=O)Nc4ccc5c(c4)OCCO5)c3)ncn2)C1. The average Bonchev–Trinajstić information content (AvgIpc) is 3.30. The van der Waals surface area contributed by atoms with Crippen molar-refractivity contribution in [3.05, 3.63) is 48.8 Å². The molecule has 1 amide bonds. The summed E-state index contributed by atoms with van der Waals surface area (Å²) in [5, 5.41) is 2.85. The van der Waals surface area contributed by atoms with Gasteiger partial charge in [0.2, 0.25) is 0 Å². The van der Waals surface area contributed by atoms with Crippen molar-refractivity contribution in [2.75, 3.05) is 36.5 Å². The van der Waals surface area contributed by atoms with E-state index in [2.05, 4.69) is 32.1 Å². The van der Waals surface area contributed by atoms with Crippen molar-refractivity contribution < 1.29 is 14.3 Å². The summed E-state index contributed by atoms with van der Waals surface area (Å²) in [5.41, 5.74) is 0.911. The van der Waals surface area contributed by atoms with Gasteiger partial charge in [-0.25, -0.2) is 15.0 Å². The number of carbonyl (C=O) groups excluding carboxylic acids is 1. The minimum atomic E-state index is -0.311. The fourth-order valence-corrected chi connectivity index (χ4v) is 3.93. The van der Waals surface area contributed by atoms with Gasteiger partial charge in [0.15, 0.2) is 11.5 Å². The molecule has 31 heavy (non-hydrogen) atoms. The molecule has 1 saturated heterocycles. The van der Waals surface area contributed by atoms with Crippen LogP contribution in [0.15, 0.2) is 43.1 Å². The Kier molecular flexibility index (Phi) is 5.15. The lowest BCUT2D eigenvalue weighted by Gasteiger charge is -2.31. The lowest BCUT2D eigenvalue weighted by atomic mass is 10.0. The fraction of sp³-hybridized carbons (Fsp3) is 0.364. The van der Waals surface area contributed by atoms with Gasteiger partial charge in [0, 0.05) is 37.1 Å². The number of aromatic nitrogens is 4. The summed E-state index contributed by atoms with van der Waals surface area (Å²) < 4.78 is 12.8. The van der Waals surface area contributed by atoms with E-state index in [0.717, 1.165) is 25.3 Å². The van der Waals surface area contributed by atoms with Crippen molar-refractivity contribution in [2.24, 2.45) is 5.92 Å². The molecule has 1 atom stereocenters. The Hall–Kier alpha value is -3.62. The highest BCUT2D eigenvalue weighted by Crippen LogP contribution is 2.32. The van der Waals surface area contributed by atoms with Gasteiger partial charge in [-0.1, -0.05) is 6.92 Å². The van der Waals surface area contributed by atoms with E-state index in [0.29, 0.717) is 47.8 Å². The number of imidazole rings is 1. The largest absolute Gasteiger partial charge is 0.486 e. The van der Waals surface area contributed by atoms with E-state index in [4.69, 9.17) is 9.47 Å². The van der Waals surface area contributed by atoms with Crippen molar-refractivity contribution in [1.82, 2.24) is 19.5 Å². The van der Waals surface area contributed by atoms with Gasteiger partial charge in [-0.2, -0.15) is 0 Å². The maximum atomic E-state index is 12.7. The summed E-state index contributed by atoms with van der Waals surface area (Å²) in [4.78, 5) is 28.0. The first-order valence-corrected chi connectivity index (χ1v) is 10.5. The van der Waals surface area contributed by atoms with E-state index < -0.39 is 0 Å². The third-order valence-corrected chi connectivity index (χ3v) is 5.50. The normalized spacial score (nSPS) is 18.0. The number of nitrogens with zero attached hydrogens (tertiary/aromatic N) is 5. The van der Waals surface area contributed by atoms with Crippen LogP contribution in [0.4, 0.5) is 11.5 Å². The molecule has 9 nitrogen and oxygen atoms in total. The number of amides is 1. The monoisotopic (exact) mass is 420 g/mol. The molecule has 2 aliphatic heterocycles. The number of fused-ring (bicyclic) bond motifs is 1. The lowest BCUT2D eigenvalue weighted by molar-refractivity contribution is 0.102. The van der Waals surface area contributed by atoms with E-state index >= 15 is 0 Å². The van der Waals surface area contributed by atoms with E-state index in [-0.39, 0.29) is 5.91 Å². The standard InChI is InChI=1S/C22H24N6O3/c1-15-3-2-6-27(11-15)20-10-21(24-13-23-20)28-12-17(25-14-28)22(29)26-16-4-5-18-19(9-16)31-8-7-30-18/h4-5,9-10,12-15H,2-3,6-8,11H2,1H3,(H,26,29)/t15-/m1/s1. The molecule has 4 heterocycles. The highest BCUT2D eigenvalue weighted by Gasteiger charge is 2.19. The molecule has 0 spiro atoms. The summed E-state index contributed by atoms with van der Waals surface area (Å²) in [6.07, 6.45) is 7.22. The minimum Gasteiger partial charge on any atom is -0.486 e. The summed E-state index contributed by atoms with van der Waals surface area (Å²) in [6.45, 7) is 5.26. The van der Waals surface area contributed by atoms with Gasteiger partial charge >= 0.3 is 0 Å². The van der Waals surface area contributed by atoms with Gasteiger partial charge in [0.25, 0.3) is 5.91 Å². The Morgan fingerprint density at radius 1 is 1.10 bits per heavy atom. The van der Waals surface area contributed by atoms with Crippen molar-refractivity contribution in [3.8, 4) is 17.3 Å². The van der Waals surface area contributed by atoms with E-state index in [1.807, 2.05) is 6.07 Å². The van der Waals surface area contributed by atoms with Crippen molar-refractivity contribution in [1.29, 1.82) is 0 Å². The van der Waals surface area contributed by atoms with Crippen LogP contribution in [0.5, 0.6) is 11.5 Å². The van der Waals surface area contributed by atoms with Crippen LogP contribution in [-0.4, -0.2) is 51.7 Å². The molecule has 0 radical (unpaired) electrons. The van der Waals surface area contributed by atoms with E-state index in [1.165, 1.54) is 6.42 Å². The van der Waals surface area contributed by atoms with Crippen LogP contribution in [0.25, 0.3) is 5.82 Å². The Labute approximate surface area is 180 Å². The number of hydrogen-bond donors (Lipinski definition) is 1. The van der Waals surface area contributed by atoms with Gasteiger partial charge in [-0.05, 0) is 30.9 Å². The third kappa shape index (κ3) is 4.16. The molecular formula is C22H24N6O3. The van der Waals surface area contributed by atoms with Gasteiger partial charge < -0.3 is 19.7 Å². The van der Waals surface area contributed by atoms with Crippen LogP contribution in [0.2, 0.25) is 0 Å². The minimum absolute atomic E-state index is 0.293. The quantitative estimate of drug-likeness (QED) is 0.693. The number of carbonyl (C=O) groups is 1. The first kappa shape index (κ1) is 19.3. The second-order valence-electron chi connectivity index (χ2n) is 7.91. The molecule has 0 saturated carbocycles. The molecule has 3 aromatic rings. The average molecular weight is 420 g/mol. The molecule has 0 aliphatic carbocycles. The number of benzene rings is 1. The number of rotatable bonds is 4. The summed E-state index contributed by atoms with van der Waals surface area (Å²) in [5.74, 6) is 3.21. The second kappa shape index (κ2) is 8.25. The van der Waals surface area contributed by atoms with Crippen LogP contribution in [0.1, 0.15) is 30.3 Å². The first-order chi connectivity index (χ1) is 15.2. The molecule has 1 fully saturated rings. The highest BCUT2D eigenvalue weighted by molar-refractivity contribution is 6.02. The molecule has 5 rings (SSSR count). The van der Waals surface area contributed by atoms with Crippen LogP contribution in [0.3, 0.4) is 0 Å². The Morgan fingerprint density at radius 3 is 2.81 bits per heavy atom. The molecule has 0 bridgehead atoms. The Balaban J connectivity index is 1.31. The summed E-state index contributed by atoms with van der Waals surface area (Å²) in [7, 11) is 0. The predicted molar refractivity (Wildman–Crippen MR) is 115 cm³/mol. The Bertz CT molecular complexity index is 1100. The smallest absolute Gasteiger partial charge is 0.275 e. The molecule has 2 aliphatic rings. The molecule has 1 aromatic carbocycles. The van der Waals surface area contributed by atoms with Crippen molar-refractivity contribution in [2.45, 2.75) is 19.8 Å². The molecule has 160 valence electrons. The zero-order valence-electron chi connectivity index (χ0n) is 17.3. The number of hydrogen-bond acceptors (Lipinski definition) is 7. The third-order valence-electron chi connectivity index (χ3n) is 5.50. The molecule has 0 unspecified atom stereocenters. The van der Waals surface area contributed by atoms with Crippen LogP contribution >= 0.6 is 0 Å². The maximum absolute atomic E-state index is 12.7. The number of piperidine rings is 1. The Morgan fingerprint density at radius 2 is 1.94 bits per heavy atom. The zero-order chi connectivity index (χ0) is 21.2. The van der Waals surface area contributed by atoms with Crippen molar-refractivity contribution >= 4 is 17.4 Å². The topological polar surface area (TPSA) is 94.4 Å². The summed E-state index contributed by atoms with van der Waals surface area (Å²) in [6, 6.07) is 7.24. The van der Waals surface area contributed by atoms with Gasteiger partial charge in [0.05, 0.1) is 0 Å². The maximum Gasteiger partial charge on any atom is 0.275 e. The van der Waals surface area contributed by atoms with Crippen molar-refractivity contribution in [3.63, 3.8) is 0 Å². The fourth-order valence-electron chi connectivity index (χ4n) is 3.93. The van der Waals surface area contributed by atoms with E-state index in [1.54, 1.807) is 41.6 Å². The number of nitrogens with one attached hydrogen (secondary N) is 1. The number of ether oxygens (including phenoxy) is 2. The van der Waals surface area contributed by atoms with Gasteiger partial charge in [-0.15, -0.1) is 0 Å². The summed E-state index contributed by atoms with van der Waals surface area (Å²) >= 11 is 0. The lowest BCUT2D eigenvalue weighted by Crippen LogP contribution is -2.34. The first-order valence-electron chi connectivity index (χ1n) is 10.5. The number of anilines is 2. The second-order valence-corrected chi connectivity index (χ2v) is 7.91. The molecular weight excluding hydrogens is 396 g/mol. The zero-order valence-corrected chi connectivity index (χ0v) is 17.3. The van der Waals surface area contributed by atoms with Crippen LogP contribution in [-0.2, 0) is 0 Å². The molecule has 9 heteroatoms. The molecule has 1 N–H and O–H groups in total. The predicted octanol–water partition coefficient (Wildman–Crippen LogP) is 2.92.